The highest BCUT2D eigenvalue weighted by Gasteiger charge is 2.42. The Balaban J connectivity index is 1.61. The van der Waals surface area contributed by atoms with Gasteiger partial charge in [-0.25, -0.2) is 4.79 Å². The van der Waals surface area contributed by atoms with Crippen molar-refractivity contribution in [2.45, 2.75) is 31.6 Å². The van der Waals surface area contributed by atoms with Crippen LogP contribution in [0.4, 0.5) is 0 Å². The van der Waals surface area contributed by atoms with E-state index in [4.69, 9.17) is 14.2 Å². The summed E-state index contributed by atoms with van der Waals surface area (Å²) in [5.41, 5.74) is 5.52. The van der Waals surface area contributed by atoms with Crippen LogP contribution in [-0.2, 0) is 19.1 Å². The van der Waals surface area contributed by atoms with Gasteiger partial charge in [-0.05, 0) is 42.7 Å². The molecule has 2 aromatic carbocycles. The van der Waals surface area contributed by atoms with E-state index in [1.54, 1.807) is 14.2 Å². The van der Waals surface area contributed by atoms with Gasteiger partial charge in [-0.15, -0.1) is 0 Å². The Labute approximate surface area is 210 Å². The lowest BCUT2D eigenvalue weighted by atomic mass is 9.71. The molecule has 0 spiro atoms. The first kappa shape index (κ1) is 23.9. The normalized spacial score (nSPS) is 19.8. The van der Waals surface area contributed by atoms with Crippen molar-refractivity contribution < 1.29 is 23.8 Å². The van der Waals surface area contributed by atoms with Gasteiger partial charge in [0.2, 0.25) is 0 Å². The number of fused-ring (bicyclic) bond motifs is 1. The maximum absolute atomic E-state index is 13.9. The number of para-hydroxylation sites is 1. The highest BCUT2D eigenvalue weighted by atomic mass is 16.6. The lowest BCUT2D eigenvalue weighted by Gasteiger charge is -2.37. The number of allylic oxidation sites excluding steroid dienone is 3. The van der Waals surface area contributed by atoms with E-state index >= 15 is 0 Å². The summed E-state index contributed by atoms with van der Waals surface area (Å²) < 4.78 is 16.2. The van der Waals surface area contributed by atoms with Crippen molar-refractivity contribution in [2.75, 3.05) is 27.4 Å². The third kappa shape index (κ3) is 4.20. The molecule has 5 rings (SSSR count). The van der Waals surface area contributed by atoms with Crippen molar-refractivity contribution >= 4 is 22.7 Å². The molecule has 0 radical (unpaired) electrons. The fraction of sp³-hybridized carbons (Fsp3) is 0.310. The minimum absolute atomic E-state index is 0.0203. The number of nitrogens with one attached hydrogen (secondary N) is 2. The number of aromatic amines is 1. The Morgan fingerprint density at radius 3 is 2.61 bits per heavy atom. The van der Waals surface area contributed by atoms with Crippen LogP contribution in [0, 0.1) is 0 Å². The van der Waals surface area contributed by atoms with E-state index in [2.05, 4.69) is 10.3 Å². The number of aromatic nitrogens is 1. The predicted octanol–water partition coefficient (Wildman–Crippen LogP) is 4.73. The summed E-state index contributed by atoms with van der Waals surface area (Å²) in [7, 11) is 3.21. The predicted molar refractivity (Wildman–Crippen MR) is 137 cm³/mol. The molecule has 36 heavy (non-hydrogen) atoms. The second-order valence-electron chi connectivity index (χ2n) is 9.17. The first-order chi connectivity index (χ1) is 17.5. The first-order valence-electron chi connectivity index (χ1n) is 12.1. The standard InChI is InChI=1S/C29H30N2O5/c1-17-26(29(33)36-14-13-34-2)27(21-8-6-9-22-20(21)11-12-30-22)28-23(31-17)15-18(16-24(28)32)19-7-4-5-10-25(19)35-3/h4-12,18,27,30-31H,13-16H2,1-3H3/t18-,27-/m1/s1. The van der Waals surface area contributed by atoms with Gasteiger partial charge in [0.1, 0.15) is 12.4 Å². The van der Waals surface area contributed by atoms with E-state index < -0.39 is 11.9 Å². The molecule has 3 aromatic rings. The zero-order chi connectivity index (χ0) is 25.2. The van der Waals surface area contributed by atoms with Gasteiger partial charge in [-0.3, -0.25) is 4.79 Å². The number of Topliss-reactive ketones (excluding diaryl/α,β-unsaturated/α-hetero) is 1. The van der Waals surface area contributed by atoms with E-state index in [1.165, 1.54) is 0 Å². The molecule has 2 N–H and O–H groups in total. The SMILES string of the molecule is COCCOC(=O)C1=C(C)NC2=C(C(=O)C[C@H](c3ccccc3OC)C2)[C@@H]1c1cccc2[nH]ccc12. The lowest BCUT2D eigenvalue weighted by molar-refractivity contribution is -0.140. The van der Waals surface area contributed by atoms with E-state index in [1.807, 2.05) is 61.7 Å². The number of ether oxygens (including phenoxy) is 3. The maximum atomic E-state index is 13.9. The molecule has 7 nitrogen and oxygen atoms in total. The number of esters is 1. The van der Waals surface area contributed by atoms with Crippen LogP contribution in [-0.4, -0.2) is 44.2 Å². The second-order valence-corrected chi connectivity index (χ2v) is 9.17. The smallest absolute Gasteiger partial charge is 0.336 e. The summed E-state index contributed by atoms with van der Waals surface area (Å²) >= 11 is 0. The Kier molecular flexibility index (Phi) is 6.65. The number of benzene rings is 2. The highest BCUT2D eigenvalue weighted by molar-refractivity contribution is 6.05. The molecule has 2 atom stereocenters. The number of ketones is 1. The Morgan fingerprint density at radius 1 is 1.00 bits per heavy atom. The summed E-state index contributed by atoms with van der Waals surface area (Å²) in [6.07, 6.45) is 2.86. The second kappa shape index (κ2) is 10.0. The minimum Gasteiger partial charge on any atom is -0.496 e. The van der Waals surface area contributed by atoms with Crippen molar-refractivity contribution in [2.24, 2.45) is 0 Å². The summed E-state index contributed by atoms with van der Waals surface area (Å²) in [6.45, 7) is 2.32. The lowest BCUT2D eigenvalue weighted by Crippen LogP contribution is -2.36. The Hall–Kier alpha value is -3.84. The number of hydrogen-bond acceptors (Lipinski definition) is 6. The molecule has 1 aromatic heterocycles. The molecular formula is C29H30N2O5. The molecule has 1 aliphatic carbocycles. The summed E-state index contributed by atoms with van der Waals surface area (Å²) in [5, 5.41) is 4.38. The molecule has 0 saturated heterocycles. The van der Waals surface area contributed by atoms with Crippen molar-refractivity contribution in [3.8, 4) is 5.75 Å². The molecule has 0 amide bonds. The van der Waals surface area contributed by atoms with Crippen LogP contribution < -0.4 is 10.1 Å². The fourth-order valence-electron chi connectivity index (χ4n) is 5.50. The number of methoxy groups -OCH3 is 2. The fourth-order valence-corrected chi connectivity index (χ4v) is 5.50. The van der Waals surface area contributed by atoms with Crippen LogP contribution >= 0.6 is 0 Å². The van der Waals surface area contributed by atoms with Crippen LogP contribution in [0.2, 0.25) is 0 Å². The van der Waals surface area contributed by atoms with Gasteiger partial charge in [-0.2, -0.15) is 0 Å². The van der Waals surface area contributed by atoms with Crippen molar-refractivity contribution in [1.29, 1.82) is 0 Å². The number of carbonyl (C=O) groups is 2. The number of hydrogen-bond donors (Lipinski definition) is 2. The molecule has 0 unspecified atom stereocenters. The number of dihydropyridines is 1. The Morgan fingerprint density at radius 2 is 1.81 bits per heavy atom. The van der Waals surface area contributed by atoms with Gasteiger partial charge in [0, 0.05) is 59.4 Å². The molecule has 2 heterocycles. The number of rotatable bonds is 7. The molecule has 7 heteroatoms. The monoisotopic (exact) mass is 486 g/mol. The van der Waals surface area contributed by atoms with Crippen molar-refractivity contribution in [3.05, 3.63) is 88.4 Å². The van der Waals surface area contributed by atoms with Crippen LogP contribution in [0.5, 0.6) is 5.75 Å². The summed E-state index contributed by atoms with van der Waals surface area (Å²) in [6, 6.07) is 15.8. The molecular weight excluding hydrogens is 456 g/mol. The maximum Gasteiger partial charge on any atom is 0.336 e. The van der Waals surface area contributed by atoms with Crippen molar-refractivity contribution in [1.82, 2.24) is 10.3 Å². The number of H-pyrrole nitrogens is 1. The van der Waals surface area contributed by atoms with Crippen LogP contribution in [0.3, 0.4) is 0 Å². The molecule has 2 aliphatic rings. The summed E-state index contributed by atoms with van der Waals surface area (Å²) in [4.78, 5) is 30.5. The molecule has 1 aliphatic heterocycles. The van der Waals surface area contributed by atoms with E-state index in [9.17, 15) is 9.59 Å². The van der Waals surface area contributed by atoms with Gasteiger partial charge in [-0.1, -0.05) is 30.3 Å². The quantitative estimate of drug-likeness (QED) is 0.371. The van der Waals surface area contributed by atoms with Gasteiger partial charge >= 0.3 is 5.97 Å². The zero-order valence-corrected chi connectivity index (χ0v) is 20.7. The van der Waals surface area contributed by atoms with E-state index in [0.717, 1.165) is 33.5 Å². The zero-order valence-electron chi connectivity index (χ0n) is 20.7. The third-order valence-corrected chi connectivity index (χ3v) is 7.09. The van der Waals surface area contributed by atoms with Gasteiger partial charge in [0.15, 0.2) is 5.78 Å². The third-order valence-electron chi connectivity index (χ3n) is 7.09. The molecule has 186 valence electrons. The largest absolute Gasteiger partial charge is 0.496 e. The van der Waals surface area contributed by atoms with Crippen LogP contribution in [0.1, 0.15) is 42.7 Å². The Bertz CT molecular complexity index is 1380. The van der Waals surface area contributed by atoms with Crippen LogP contribution in [0.25, 0.3) is 10.9 Å². The highest BCUT2D eigenvalue weighted by Crippen LogP contribution is 2.48. The van der Waals surface area contributed by atoms with Gasteiger partial charge in [0.05, 0.1) is 19.3 Å². The average molecular weight is 487 g/mol. The van der Waals surface area contributed by atoms with Crippen LogP contribution in [0.15, 0.2) is 77.3 Å². The average Bonchev–Trinajstić information content (AvgIpc) is 3.37. The van der Waals surface area contributed by atoms with Gasteiger partial charge in [0.25, 0.3) is 0 Å². The molecule has 0 fully saturated rings. The first-order valence-corrected chi connectivity index (χ1v) is 12.1. The topological polar surface area (TPSA) is 89.7 Å². The van der Waals surface area contributed by atoms with E-state index in [0.29, 0.717) is 36.3 Å². The summed E-state index contributed by atoms with van der Waals surface area (Å²) in [5.74, 6) is -0.195. The van der Waals surface area contributed by atoms with Crippen molar-refractivity contribution in [3.63, 3.8) is 0 Å². The minimum atomic E-state index is -0.526. The van der Waals surface area contributed by atoms with Gasteiger partial charge < -0.3 is 24.5 Å². The molecule has 0 bridgehead atoms. The van der Waals surface area contributed by atoms with E-state index in [-0.39, 0.29) is 18.3 Å². The molecule has 0 saturated carbocycles. The number of carbonyl (C=O) groups excluding carboxylic acids is 2.